The maximum absolute atomic E-state index is 15.4. The molecule has 2 aromatic rings. The van der Waals surface area contributed by atoms with Gasteiger partial charge in [0.15, 0.2) is 0 Å². The summed E-state index contributed by atoms with van der Waals surface area (Å²) >= 11 is 0. The minimum absolute atomic E-state index is 0.0458. The van der Waals surface area contributed by atoms with E-state index in [1.165, 1.54) is 70.8 Å². The Hall–Kier alpha value is -7.42. The number of fused-ring (bicyclic) bond motifs is 1. The number of likely N-dealkylation sites (tertiary alicyclic amines) is 1. The Labute approximate surface area is 515 Å². The Morgan fingerprint density at radius 2 is 1.00 bits per heavy atom. The van der Waals surface area contributed by atoms with Crippen molar-refractivity contribution in [2.24, 2.45) is 23.7 Å². The highest BCUT2D eigenvalue weighted by Crippen LogP contribution is 2.31. The lowest BCUT2D eigenvalue weighted by atomic mass is 9.88. The molecule has 10 atom stereocenters. The molecule has 21 nitrogen and oxygen atoms in total. The average molecular weight is 1210 g/mol. The first-order valence-corrected chi connectivity index (χ1v) is 31.0. The van der Waals surface area contributed by atoms with E-state index in [1.807, 2.05) is 59.8 Å². The maximum Gasteiger partial charge on any atom is 0.324 e. The summed E-state index contributed by atoms with van der Waals surface area (Å²) in [5, 5.41) is 19.2. The Morgan fingerprint density at radius 3 is 1.51 bits per heavy atom. The number of nitrogens with zero attached hydrogens (tertiary/aromatic N) is 7. The average Bonchev–Trinajstić information content (AvgIpc) is 2.69. The predicted molar refractivity (Wildman–Crippen MR) is 333 cm³/mol. The third-order valence-corrected chi connectivity index (χ3v) is 17.2. The fourth-order valence-electron chi connectivity index (χ4n) is 11.8. The number of benzene rings is 2. The highest BCUT2D eigenvalue weighted by molar-refractivity contribution is 6.02. The van der Waals surface area contributed by atoms with Crippen LogP contribution in [0, 0.1) is 23.7 Å². The molecule has 3 aliphatic rings. The van der Waals surface area contributed by atoms with Crippen molar-refractivity contribution in [2.45, 2.75) is 180 Å². The number of likely N-dealkylation sites (N-methyl/N-ethyl adjacent to an activating group) is 6. The number of imide groups is 1. The summed E-state index contributed by atoms with van der Waals surface area (Å²) in [7, 11) is 8.62. The van der Waals surface area contributed by atoms with Gasteiger partial charge in [-0.3, -0.25) is 48.5 Å². The van der Waals surface area contributed by atoms with E-state index in [0.717, 1.165) is 39.5 Å². The molecule has 2 aliphatic heterocycles. The quantitative estimate of drug-likeness (QED) is 0.221. The van der Waals surface area contributed by atoms with Crippen LogP contribution in [0.4, 0.5) is 4.79 Å². The molecule has 87 heavy (non-hydrogen) atoms. The van der Waals surface area contributed by atoms with Crippen molar-refractivity contribution in [3.05, 3.63) is 95.6 Å². The molecule has 5 rings (SSSR count). The molecule has 2 aromatic carbocycles. The predicted octanol–water partition coefficient (Wildman–Crippen LogP) is 4.96. The second-order valence-electron chi connectivity index (χ2n) is 25.3. The van der Waals surface area contributed by atoms with Gasteiger partial charge in [0.1, 0.15) is 48.3 Å². The second-order valence-corrected chi connectivity index (χ2v) is 25.3. The van der Waals surface area contributed by atoms with E-state index >= 15 is 19.2 Å². The zero-order chi connectivity index (χ0) is 64.6. The van der Waals surface area contributed by atoms with Gasteiger partial charge in [-0.2, -0.15) is 0 Å². The molecule has 0 radical (unpaired) electrons. The number of piperidine rings is 1. The third-order valence-electron chi connectivity index (χ3n) is 17.2. The number of hydrogen-bond acceptors (Lipinski definition) is 11. The number of amides is 11. The van der Waals surface area contributed by atoms with Gasteiger partial charge in [0.25, 0.3) is 5.91 Å². The molecule has 0 spiro atoms. The Kier molecular flexibility index (Phi) is 26.3. The van der Waals surface area contributed by atoms with E-state index < -0.39 is 114 Å². The lowest BCUT2D eigenvalue weighted by molar-refractivity contribution is -0.153. The highest BCUT2D eigenvalue weighted by atomic mass is 16.3. The van der Waals surface area contributed by atoms with Gasteiger partial charge in [-0.15, -0.1) is 0 Å². The fourth-order valence-corrected chi connectivity index (χ4v) is 11.8. The molecule has 1 aliphatic carbocycles. The van der Waals surface area contributed by atoms with E-state index in [0.29, 0.717) is 30.6 Å². The Bertz CT molecular complexity index is 2780. The van der Waals surface area contributed by atoms with Gasteiger partial charge < -0.3 is 50.0 Å². The van der Waals surface area contributed by atoms with Gasteiger partial charge >= 0.3 is 6.03 Å². The lowest BCUT2D eigenvalue weighted by Crippen LogP contribution is -2.61. The number of urea groups is 1. The van der Waals surface area contributed by atoms with Crippen LogP contribution in [0.15, 0.2) is 84.5 Å². The van der Waals surface area contributed by atoms with Crippen LogP contribution in [0.2, 0.25) is 0 Å². The van der Waals surface area contributed by atoms with Crippen molar-refractivity contribution in [1.29, 1.82) is 0 Å². The van der Waals surface area contributed by atoms with Crippen LogP contribution in [0.25, 0.3) is 0 Å². The van der Waals surface area contributed by atoms with Gasteiger partial charge in [-0.1, -0.05) is 126 Å². The molecule has 2 heterocycles. The largest absolute Gasteiger partial charge is 0.391 e. The van der Waals surface area contributed by atoms with Crippen LogP contribution in [0.1, 0.15) is 124 Å². The van der Waals surface area contributed by atoms with Crippen molar-refractivity contribution in [3.8, 4) is 0 Å². The first-order valence-electron chi connectivity index (χ1n) is 31.0. The fraction of sp³-hybridized carbons (Fsp3) is 0.606. The Balaban J connectivity index is 1.64. The highest BCUT2D eigenvalue weighted by Gasteiger charge is 2.44. The summed E-state index contributed by atoms with van der Waals surface area (Å²) < 4.78 is 0. The number of aliphatic hydroxyl groups is 1. The molecule has 2 saturated heterocycles. The molecule has 4 N–H and O–H groups in total. The van der Waals surface area contributed by atoms with E-state index in [2.05, 4.69) is 16.0 Å². The van der Waals surface area contributed by atoms with Crippen LogP contribution < -0.4 is 16.0 Å². The zero-order valence-corrected chi connectivity index (χ0v) is 53.9. The van der Waals surface area contributed by atoms with E-state index in [9.17, 15) is 33.9 Å². The number of aliphatic hydroxyl groups excluding tert-OH is 1. The molecule has 2 fully saturated rings. The number of rotatable bonds is 12. The topological polar surface area (TPSA) is 250 Å². The standard InChI is InChI=1S/C66H98N10O11/c1-41(2)36-50-58(79)68-57(65(86)76-34-22-17-23-35-76)49-32-24-30-48(49)31-25-33-55(78)67-56(45(8)77)64(85)70(9)44(7)60(81)71(10)51(39-46-26-18-15-19-27-46)59(80)69-66(87)75(14)54(40-47-28-20-16-21-29-47)63(84)74(13)53(38-43(5)6)62(83)73(12)52(37-42(3)4)61(82)72(50)11/h15-16,18-21,24,26-30,32,41-45,49-54,56-57,77H,17,22-23,25,31,33-40H2,1-14H3,(H,67,78)(H,68,79)(H,69,80,87)/t44-,45+,49?,50-,51?,52-,53-,54?,56?,57?/m0/s1. The van der Waals surface area contributed by atoms with Crippen LogP contribution in [-0.2, 0) is 56.0 Å². The molecular formula is C66H98N10O11. The number of carbonyl (C=O) groups is 10. The molecule has 0 bridgehead atoms. The first-order chi connectivity index (χ1) is 41.0. The lowest BCUT2D eigenvalue weighted by Gasteiger charge is -2.40. The molecule has 478 valence electrons. The minimum atomic E-state index is -1.49. The van der Waals surface area contributed by atoms with Crippen molar-refractivity contribution < 1.29 is 53.1 Å². The van der Waals surface area contributed by atoms with Gasteiger partial charge in [0.2, 0.25) is 47.3 Å². The van der Waals surface area contributed by atoms with Crippen LogP contribution in [0.3, 0.4) is 0 Å². The number of allylic oxidation sites excluding steroid dienone is 2. The van der Waals surface area contributed by atoms with Crippen molar-refractivity contribution >= 4 is 59.2 Å². The van der Waals surface area contributed by atoms with Gasteiger partial charge in [-0.05, 0) is 94.1 Å². The summed E-state index contributed by atoms with van der Waals surface area (Å²) in [6.45, 7) is 15.3. The molecule has 0 saturated carbocycles. The smallest absolute Gasteiger partial charge is 0.324 e. The van der Waals surface area contributed by atoms with Crippen LogP contribution >= 0.6 is 0 Å². The maximum atomic E-state index is 15.4. The van der Waals surface area contributed by atoms with Crippen molar-refractivity contribution in [1.82, 2.24) is 50.2 Å². The van der Waals surface area contributed by atoms with E-state index in [4.69, 9.17) is 0 Å². The summed E-state index contributed by atoms with van der Waals surface area (Å²) in [6, 6.07) is 6.87. The third kappa shape index (κ3) is 18.8. The number of hydrogen-bond donors (Lipinski definition) is 4. The number of nitrogens with one attached hydrogen (secondary N) is 3. The molecule has 11 amide bonds. The minimum Gasteiger partial charge on any atom is -0.391 e. The summed E-state index contributed by atoms with van der Waals surface area (Å²) in [5.74, 6) is -6.54. The van der Waals surface area contributed by atoms with Crippen molar-refractivity contribution in [2.75, 3.05) is 55.4 Å². The zero-order valence-electron chi connectivity index (χ0n) is 53.9. The van der Waals surface area contributed by atoms with E-state index in [-0.39, 0.29) is 68.6 Å². The molecule has 5 unspecified atom stereocenters. The summed E-state index contributed by atoms with van der Waals surface area (Å²) in [6.07, 6.45) is 7.54. The van der Waals surface area contributed by atoms with Gasteiger partial charge in [0, 0.05) is 80.6 Å². The molecule has 21 heteroatoms. The Morgan fingerprint density at radius 1 is 0.529 bits per heavy atom. The summed E-state index contributed by atoms with van der Waals surface area (Å²) in [5.41, 5.74) is 2.07. The van der Waals surface area contributed by atoms with Gasteiger partial charge in [-0.25, -0.2) is 4.79 Å². The SMILES string of the molecule is CC(C)C[C@H]1C(=O)N(C)[C@@H](CC(C)C)C(=O)N(C)[C@@H](CC(C)C)C(=O)NC(C(=O)N2CCCCC2)C2C=CC=C2CCCC(=O)NC([C@@H](C)O)C(=O)N(C)[C@@H](C)C(=O)N(C)C(Cc2ccccc2)C(=O)NC(=O)N(C)C(Cc2ccccc2)C(=O)N1C. The summed E-state index contributed by atoms with van der Waals surface area (Å²) in [4.78, 5) is 157. The second kappa shape index (κ2) is 32.5. The monoisotopic (exact) mass is 1210 g/mol. The van der Waals surface area contributed by atoms with Crippen molar-refractivity contribution in [3.63, 3.8) is 0 Å². The van der Waals surface area contributed by atoms with E-state index in [1.54, 1.807) is 65.6 Å². The molecular weight excluding hydrogens is 1110 g/mol. The van der Waals surface area contributed by atoms with Crippen LogP contribution in [-0.4, -0.2) is 208 Å². The normalized spacial score (nSPS) is 26.0. The van der Waals surface area contributed by atoms with Crippen LogP contribution in [0.5, 0.6) is 0 Å². The number of carbonyl (C=O) groups excluding carboxylic acids is 10. The van der Waals surface area contributed by atoms with Gasteiger partial charge in [0.05, 0.1) is 6.10 Å². The first kappa shape index (κ1) is 70.3. The molecule has 0 aromatic heterocycles.